The number of ketones is 1. The van der Waals surface area contributed by atoms with Gasteiger partial charge in [0, 0.05) is 23.1 Å². The van der Waals surface area contributed by atoms with E-state index in [1.165, 1.54) is 0 Å². The number of nitrogens with zero attached hydrogens (tertiary/aromatic N) is 2. The van der Waals surface area contributed by atoms with Crippen LogP contribution in [-0.4, -0.2) is 60.4 Å². The van der Waals surface area contributed by atoms with E-state index in [1.54, 1.807) is 23.1 Å². The molecule has 0 spiro atoms. The summed E-state index contributed by atoms with van der Waals surface area (Å²) in [4.78, 5) is 29.6. The fourth-order valence-electron chi connectivity index (χ4n) is 3.85. The first-order chi connectivity index (χ1) is 15.7. The minimum absolute atomic E-state index is 0.111. The zero-order valence-electron chi connectivity index (χ0n) is 19.6. The molecule has 1 aliphatic heterocycles. The lowest BCUT2D eigenvalue weighted by Gasteiger charge is -2.26. The summed E-state index contributed by atoms with van der Waals surface area (Å²) >= 11 is 3.43. The molecular weight excluding hydrogens is 484 g/mol. The van der Waals surface area contributed by atoms with Gasteiger partial charge in [-0.3, -0.25) is 9.59 Å². The quantitative estimate of drug-likeness (QED) is 0.222. The van der Waals surface area contributed by atoms with Crippen molar-refractivity contribution in [1.82, 2.24) is 9.80 Å². The van der Waals surface area contributed by atoms with Crippen molar-refractivity contribution in [2.24, 2.45) is 0 Å². The van der Waals surface area contributed by atoms with Crippen LogP contribution in [0.3, 0.4) is 0 Å². The van der Waals surface area contributed by atoms with E-state index in [0.29, 0.717) is 25.3 Å². The number of unbranched alkanes of at least 4 members (excludes halogenated alkanes) is 1. The van der Waals surface area contributed by atoms with Crippen molar-refractivity contribution in [3.63, 3.8) is 0 Å². The van der Waals surface area contributed by atoms with Crippen molar-refractivity contribution in [2.45, 2.75) is 32.7 Å². The van der Waals surface area contributed by atoms with E-state index in [9.17, 15) is 14.7 Å². The standard InChI is InChI=1S/C26H31BrN2O4/c1-5-6-15-33-21-12-9-19(16-17(21)2)24(30)22-23(18-7-10-20(27)11-8-18)29(14-13-28(3)4)26(32)25(22)31/h7-12,16,23,30H,5-6,13-15H2,1-4H3/b24-22-. The number of carbonyl (C=O) groups excluding carboxylic acids is 2. The molecule has 1 fully saturated rings. The van der Waals surface area contributed by atoms with Crippen molar-refractivity contribution in [3.8, 4) is 5.75 Å². The third-order valence-electron chi connectivity index (χ3n) is 5.72. The third kappa shape index (κ3) is 5.65. The van der Waals surface area contributed by atoms with Crippen molar-refractivity contribution < 1.29 is 19.4 Å². The number of hydrogen-bond donors (Lipinski definition) is 1. The lowest BCUT2D eigenvalue weighted by atomic mass is 9.95. The molecule has 1 atom stereocenters. The number of likely N-dealkylation sites (N-methyl/N-ethyl adjacent to an activating group) is 1. The van der Waals surface area contributed by atoms with Gasteiger partial charge in [-0.15, -0.1) is 0 Å². The summed E-state index contributed by atoms with van der Waals surface area (Å²) in [6.45, 7) is 5.61. The molecule has 0 aliphatic carbocycles. The number of hydrogen-bond acceptors (Lipinski definition) is 5. The Bertz CT molecular complexity index is 1050. The first-order valence-electron chi connectivity index (χ1n) is 11.2. The van der Waals surface area contributed by atoms with Gasteiger partial charge in [0.1, 0.15) is 11.5 Å². The van der Waals surface area contributed by atoms with Crippen LogP contribution in [0.25, 0.3) is 5.76 Å². The van der Waals surface area contributed by atoms with Crippen molar-refractivity contribution in [2.75, 3.05) is 33.8 Å². The van der Waals surface area contributed by atoms with E-state index < -0.39 is 17.7 Å². The topological polar surface area (TPSA) is 70.1 Å². The van der Waals surface area contributed by atoms with Crippen LogP contribution in [0.2, 0.25) is 0 Å². The number of aliphatic hydroxyl groups excluding tert-OH is 1. The number of carbonyl (C=O) groups is 2. The molecule has 176 valence electrons. The summed E-state index contributed by atoms with van der Waals surface area (Å²) < 4.78 is 6.71. The molecule has 0 radical (unpaired) electrons. The number of Topliss-reactive ketones (excluding diaryl/α,β-unsaturated/α-hetero) is 1. The largest absolute Gasteiger partial charge is 0.507 e. The maximum Gasteiger partial charge on any atom is 0.295 e. The van der Waals surface area contributed by atoms with Gasteiger partial charge in [0.15, 0.2) is 0 Å². The maximum atomic E-state index is 13.1. The minimum atomic E-state index is -0.667. The van der Waals surface area contributed by atoms with Crippen molar-refractivity contribution in [3.05, 3.63) is 69.2 Å². The average molecular weight is 515 g/mol. The minimum Gasteiger partial charge on any atom is -0.507 e. The highest BCUT2D eigenvalue weighted by molar-refractivity contribution is 9.10. The fraction of sp³-hybridized carbons (Fsp3) is 0.385. The van der Waals surface area contributed by atoms with Crippen LogP contribution in [0.5, 0.6) is 5.75 Å². The zero-order valence-corrected chi connectivity index (χ0v) is 21.2. The Labute approximate surface area is 204 Å². The summed E-state index contributed by atoms with van der Waals surface area (Å²) in [7, 11) is 3.83. The molecule has 1 unspecified atom stereocenters. The van der Waals surface area contributed by atoms with Gasteiger partial charge < -0.3 is 19.6 Å². The number of halogens is 1. The first kappa shape index (κ1) is 25.0. The Morgan fingerprint density at radius 2 is 1.85 bits per heavy atom. The highest BCUT2D eigenvalue weighted by Gasteiger charge is 2.45. The highest BCUT2D eigenvalue weighted by atomic mass is 79.9. The second-order valence-electron chi connectivity index (χ2n) is 8.53. The number of aliphatic hydroxyl groups is 1. The van der Waals surface area contributed by atoms with E-state index in [-0.39, 0.29) is 11.3 Å². The van der Waals surface area contributed by atoms with Crippen molar-refractivity contribution >= 4 is 33.4 Å². The van der Waals surface area contributed by atoms with Gasteiger partial charge in [-0.25, -0.2) is 0 Å². The van der Waals surface area contributed by atoms with Gasteiger partial charge in [0.2, 0.25) is 0 Å². The molecule has 1 amide bonds. The normalized spacial score (nSPS) is 17.8. The molecule has 2 aromatic carbocycles. The molecule has 1 N–H and O–H groups in total. The van der Waals surface area contributed by atoms with Gasteiger partial charge in [-0.05, 0) is 68.9 Å². The SMILES string of the molecule is CCCCOc1ccc(/C(O)=C2/C(=O)C(=O)N(CCN(C)C)C2c2ccc(Br)cc2)cc1C. The second kappa shape index (κ2) is 11.0. The molecule has 3 rings (SSSR count). The third-order valence-corrected chi connectivity index (χ3v) is 6.25. The molecule has 7 heteroatoms. The number of aryl methyl sites for hydroxylation is 1. The van der Waals surface area contributed by atoms with E-state index in [2.05, 4.69) is 22.9 Å². The number of amides is 1. The Kier molecular flexibility index (Phi) is 8.32. The van der Waals surface area contributed by atoms with Crippen LogP contribution >= 0.6 is 15.9 Å². The monoisotopic (exact) mass is 514 g/mol. The Hall–Kier alpha value is -2.64. The Morgan fingerprint density at radius 3 is 2.45 bits per heavy atom. The van der Waals surface area contributed by atoms with Crippen LogP contribution < -0.4 is 4.74 Å². The van der Waals surface area contributed by atoms with E-state index in [1.807, 2.05) is 50.2 Å². The van der Waals surface area contributed by atoms with Gasteiger partial charge >= 0.3 is 0 Å². The molecular formula is C26H31BrN2O4. The molecule has 1 aliphatic rings. The lowest BCUT2D eigenvalue weighted by molar-refractivity contribution is -0.140. The number of benzene rings is 2. The molecule has 1 saturated heterocycles. The summed E-state index contributed by atoms with van der Waals surface area (Å²) in [5, 5.41) is 11.2. The molecule has 1 heterocycles. The van der Waals surface area contributed by atoms with Crippen LogP contribution in [-0.2, 0) is 9.59 Å². The van der Waals surface area contributed by atoms with Crippen LogP contribution in [0.15, 0.2) is 52.5 Å². The van der Waals surface area contributed by atoms with Crippen molar-refractivity contribution in [1.29, 1.82) is 0 Å². The molecule has 2 aromatic rings. The highest BCUT2D eigenvalue weighted by Crippen LogP contribution is 2.40. The van der Waals surface area contributed by atoms with Gasteiger partial charge in [0.25, 0.3) is 11.7 Å². The van der Waals surface area contributed by atoms with E-state index in [4.69, 9.17) is 4.74 Å². The number of rotatable bonds is 9. The van der Waals surface area contributed by atoms with Crippen LogP contribution in [0.4, 0.5) is 0 Å². The molecule has 0 aromatic heterocycles. The van der Waals surface area contributed by atoms with Gasteiger partial charge in [-0.1, -0.05) is 41.4 Å². The summed E-state index contributed by atoms with van der Waals surface area (Å²) in [5.41, 5.74) is 2.23. The molecule has 0 bridgehead atoms. The smallest absolute Gasteiger partial charge is 0.295 e. The zero-order chi connectivity index (χ0) is 24.1. The lowest BCUT2D eigenvalue weighted by Crippen LogP contribution is -2.35. The maximum absolute atomic E-state index is 13.1. The van der Waals surface area contributed by atoms with Gasteiger partial charge in [-0.2, -0.15) is 0 Å². The van der Waals surface area contributed by atoms with E-state index in [0.717, 1.165) is 34.2 Å². The predicted octanol–water partition coefficient (Wildman–Crippen LogP) is 4.92. The summed E-state index contributed by atoms with van der Waals surface area (Å²) in [6.07, 6.45) is 2.01. The average Bonchev–Trinajstić information content (AvgIpc) is 3.03. The molecule has 33 heavy (non-hydrogen) atoms. The number of likely N-dealkylation sites (tertiary alicyclic amines) is 1. The summed E-state index contributed by atoms with van der Waals surface area (Å²) in [6, 6.07) is 12.1. The number of ether oxygens (including phenoxy) is 1. The van der Waals surface area contributed by atoms with Crippen LogP contribution in [0.1, 0.15) is 42.5 Å². The second-order valence-corrected chi connectivity index (χ2v) is 9.45. The van der Waals surface area contributed by atoms with Gasteiger partial charge in [0.05, 0.1) is 18.2 Å². The Morgan fingerprint density at radius 1 is 1.15 bits per heavy atom. The first-order valence-corrected chi connectivity index (χ1v) is 12.0. The predicted molar refractivity (Wildman–Crippen MR) is 133 cm³/mol. The molecule has 6 nitrogen and oxygen atoms in total. The molecule has 0 saturated carbocycles. The van der Waals surface area contributed by atoms with Crippen LogP contribution in [0, 0.1) is 6.92 Å². The Balaban J connectivity index is 2.04. The fourth-order valence-corrected chi connectivity index (χ4v) is 4.11. The van der Waals surface area contributed by atoms with E-state index >= 15 is 0 Å². The summed E-state index contributed by atoms with van der Waals surface area (Å²) in [5.74, 6) is -0.685.